The molecule has 3 aromatic rings. The SMILES string of the molecule is COc1ccc(-c2nc3n(n2)[C@]2(C(=O)O)CCC(=O)N2c2ccccc2-3)cc1. The van der Waals surface area contributed by atoms with Crippen LogP contribution in [0.25, 0.3) is 22.8 Å². The maximum Gasteiger partial charge on any atom is 0.353 e. The fraction of sp³-hybridized carbons (Fsp3) is 0.200. The third-order valence-electron chi connectivity index (χ3n) is 5.34. The van der Waals surface area contributed by atoms with Gasteiger partial charge < -0.3 is 9.84 Å². The average molecular weight is 376 g/mol. The Bertz CT molecular complexity index is 1120. The first-order valence-corrected chi connectivity index (χ1v) is 8.84. The Morgan fingerprint density at radius 1 is 1.18 bits per heavy atom. The number of carbonyl (C=O) groups is 2. The van der Waals surface area contributed by atoms with Crippen LogP contribution in [0.15, 0.2) is 48.5 Å². The lowest BCUT2D eigenvalue weighted by molar-refractivity contribution is -0.148. The van der Waals surface area contributed by atoms with Gasteiger partial charge in [-0.1, -0.05) is 12.1 Å². The number of carbonyl (C=O) groups excluding carboxylic acids is 1. The van der Waals surface area contributed by atoms with E-state index in [0.717, 1.165) is 5.56 Å². The standard InChI is InChI=1S/C20H16N4O4/c1-28-13-8-6-12(7-9-13)17-21-18-14-4-2-3-5-15(14)23-16(25)10-11-20(23,19(26)27)24(18)22-17/h2-9H,10-11H2,1H3,(H,26,27)/t20-/m0/s1. The number of ether oxygens (including phenoxy) is 1. The zero-order valence-corrected chi connectivity index (χ0v) is 15.0. The largest absolute Gasteiger partial charge is 0.497 e. The minimum Gasteiger partial charge on any atom is -0.497 e. The van der Waals surface area contributed by atoms with Crippen LogP contribution in [-0.4, -0.2) is 38.9 Å². The number of rotatable bonds is 3. The molecule has 0 saturated carbocycles. The van der Waals surface area contributed by atoms with Gasteiger partial charge in [0.05, 0.1) is 12.8 Å². The van der Waals surface area contributed by atoms with Crippen LogP contribution in [0, 0.1) is 0 Å². The highest BCUT2D eigenvalue weighted by Crippen LogP contribution is 2.48. The van der Waals surface area contributed by atoms with Gasteiger partial charge >= 0.3 is 5.97 Å². The normalized spacial score (nSPS) is 19.8. The van der Waals surface area contributed by atoms with Crippen LogP contribution in [-0.2, 0) is 15.3 Å². The molecule has 0 spiro atoms. The molecule has 0 aliphatic carbocycles. The lowest BCUT2D eigenvalue weighted by atomic mass is 10.0. The van der Waals surface area contributed by atoms with Gasteiger partial charge in [-0.15, -0.1) is 5.10 Å². The Hall–Kier alpha value is -3.68. The number of hydrogen-bond acceptors (Lipinski definition) is 5. The number of hydrogen-bond donors (Lipinski definition) is 1. The first kappa shape index (κ1) is 16.5. The maximum absolute atomic E-state index is 12.6. The minimum atomic E-state index is -1.60. The summed E-state index contributed by atoms with van der Waals surface area (Å²) in [7, 11) is 1.59. The number of fused-ring (bicyclic) bond motifs is 6. The van der Waals surface area contributed by atoms with Crippen LogP contribution >= 0.6 is 0 Å². The third kappa shape index (κ3) is 1.99. The van der Waals surface area contributed by atoms with Gasteiger partial charge in [-0.3, -0.25) is 9.69 Å². The summed E-state index contributed by atoms with van der Waals surface area (Å²) in [6, 6.07) is 14.4. The van der Waals surface area contributed by atoms with Crippen molar-refractivity contribution >= 4 is 17.6 Å². The number of carboxylic acids is 1. The molecule has 3 heterocycles. The van der Waals surface area contributed by atoms with Crippen molar-refractivity contribution in [2.75, 3.05) is 12.0 Å². The van der Waals surface area contributed by atoms with Crippen molar-refractivity contribution in [3.8, 4) is 28.5 Å². The first-order valence-electron chi connectivity index (χ1n) is 8.84. The van der Waals surface area contributed by atoms with Crippen LogP contribution in [0.2, 0.25) is 0 Å². The van der Waals surface area contributed by atoms with Gasteiger partial charge in [0, 0.05) is 24.0 Å². The Kier molecular flexibility index (Phi) is 3.33. The molecule has 1 aromatic heterocycles. The lowest BCUT2D eigenvalue weighted by Crippen LogP contribution is -2.56. The highest BCUT2D eigenvalue weighted by atomic mass is 16.5. The van der Waals surface area contributed by atoms with E-state index in [0.29, 0.717) is 28.6 Å². The summed E-state index contributed by atoms with van der Waals surface area (Å²) in [6.45, 7) is 0. The Labute approximate surface area is 160 Å². The van der Waals surface area contributed by atoms with Crippen LogP contribution in [0.4, 0.5) is 5.69 Å². The fourth-order valence-corrected chi connectivity index (χ4v) is 4.00. The van der Waals surface area contributed by atoms with Crippen LogP contribution in [0.3, 0.4) is 0 Å². The van der Waals surface area contributed by atoms with E-state index in [4.69, 9.17) is 4.74 Å². The number of aliphatic carboxylic acids is 1. The zero-order chi connectivity index (χ0) is 19.5. The number of para-hydroxylation sites is 1. The molecule has 1 N–H and O–H groups in total. The van der Waals surface area contributed by atoms with Crippen molar-refractivity contribution in [2.24, 2.45) is 0 Å². The smallest absolute Gasteiger partial charge is 0.353 e. The van der Waals surface area contributed by atoms with Crippen molar-refractivity contribution in [3.05, 3.63) is 48.5 Å². The average Bonchev–Trinajstić information content (AvgIpc) is 3.31. The second-order valence-corrected chi connectivity index (χ2v) is 6.77. The predicted molar refractivity (Wildman–Crippen MR) is 99.8 cm³/mol. The van der Waals surface area contributed by atoms with E-state index in [9.17, 15) is 14.7 Å². The first-order chi connectivity index (χ1) is 13.6. The molecular formula is C20H16N4O4. The van der Waals surface area contributed by atoms with E-state index in [1.54, 1.807) is 31.4 Å². The molecule has 8 nitrogen and oxygen atoms in total. The van der Waals surface area contributed by atoms with Crippen molar-refractivity contribution in [1.29, 1.82) is 0 Å². The summed E-state index contributed by atoms with van der Waals surface area (Å²) in [5.74, 6) is 0.180. The van der Waals surface area contributed by atoms with Crippen molar-refractivity contribution in [1.82, 2.24) is 14.8 Å². The van der Waals surface area contributed by atoms with Crippen molar-refractivity contribution in [3.63, 3.8) is 0 Å². The summed E-state index contributed by atoms with van der Waals surface area (Å²) in [5, 5.41) is 14.7. The van der Waals surface area contributed by atoms with E-state index in [1.165, 1.54) is 9.58 Å². The molecule has 8 heteroatoms. The van der Waals surface area contributed by atoms with Gasteiger partial charge in [-0.2, -0.15) is 0 Å². The Morgan fingerprint density at radius 2 is 1.93 bits per heavy atom. The molecule has 5 rings (SSSR count). The number of carboxylic acid groups (broad SMARTS) is 1. The highest BCUT2D eigenvalue weighted by molar-refractivity contribution is 6.07. The number of methoxy groups -OCH3 is 1. The van der Waals surface area contributed by atoms with Gasteiger partial charge in [0.1, 0.15) is 5.75 Å². The molecule has 1 fully saturated rings. The van der Waals surface area contributed by atoms with Crippen molar-refractivity contribution < 1.29 is 19.4 Å². The number of nitrogens with zero attached hydrogens (tertiary/aromatic N) is 4. The number of aromatic nitrogens is 3. The molecule has 2 aliphatic heterocycles. The molecule has 1 atom stereocenters. The number of anilines is 1. The molecule has 0 unspecified atom stereocenters. The van der Waals surface area contributed by atoms with Gasteiger partial charge in [-0.05, 0) is 36.4 Å². The highest BCUT2D eigenvalue weighted by Gasteiger charge is 2.58. The Morgan fingerprint density at radius 3 is 2.64 bits per heavy atom. The zero-order valence-electron chi connectivity index (χ0n) is 15.0. The van der Waals surface area contributed by atoms with Crippen LogP contribution in [0.5, 0.6) is 5.75 Å². The molecule has 0 radical (unpaired) electrons. The molecule has 1 saturated heterocycles. The molecule has 140 valence electrons. The summed E-state index contributed by atoms with van der Waals surface area (Å²) in [4.78, 5) is 31.0. The number of amides is 1. The predicted octanol–water partition coefficient (Wildman–Crippen LogP) is 2.50. The quantitative estimate of drug-likeness (QED) is 0.754. The second kappa shape index (κ2) is 5.66. The summed E-state index contributed by atoms with van der Waals surface area (Å²) < 4.78 is 6.57. The van der Waals surface area contributed by atoms with Crippen molar-refractivity contribution in [2.45, 2.75) is 18.5 Å². The van der Waals surface area contributed by atoms with E-state index < -0.39 is 11.6 Å². The minimum absolute atomic E-state index is 0.133. The molecule has 2 aliphatic rings. The third-order valence-corrected chi connectivity index (χ3v) is 5.34. The molecule has 28 heavy (non-hydrogen) atoms. The van der Waals surface area contributed by atoms with E-state index >= 15 is 0 Å². The molecule has 1 amide bonds. The topological polar surface area (TPSA) is 97.5 Å². The van der Waals surface area contributed by atoms with Gasteiger partial charge in [0.15, 0.2) is 11.6 Å². The molecular weight excluding hydrogens is 360 g/mol. The van der Waals surface area contributed by atoms with E-state index in [1.807, 2.05) is 24.3 Å². The summed E-state index contributed by atoms with van der Waals surface area (Å²) >= 11 is 0. The maximum atomic E-state index is 12.6. The van der Waals surface area contributed by atoms with Gasteiger partial charge in [-0.25, -0.2) is 14.5 Å². The molecule has 0 bridgehead atoms. The summed E-state index contributed by atoms with van der Waals surface area (Å²) in [5.41, 5.74) is 0.366. The lowest BCUT2D eigenvalue weighted by Gasteiger charge is -2.39. The number of benzene rings is 2. The Balaban J connectivity index is 1.77. The van der Waals surface area contributed by atoms with Crippen LogP contribution in [0.1, 0.15) is 12.8 Å². The second-order valence-electron chi connectivity index (χ2n) is 6.77. The van der Waals surface area contributed by atoms with Gasteiger partial charge in [0.2, 0.25) is 11.6 Å². The van der Waals surface area contributed by atoms with E-state index in [2.05, 4.69) is 10.1 Å². The van der Waals surface area contributed by atoms with Crippen LogP contribution < -0.4 is 9.64 Å². The van der Waals surface area contributed by atoms with Gasteiger partial charge in [0.25, 0.3) is 0 Å². The van der Waals surface area contributed by atoms with E-state index in [-0.39, 0.29) is 18.7 Å². The molecule has 2 aromatic carbocycles. The summed E-state index contributed by atoms with van der Waals surface area (Å²) in [6.07, 6.45) is 0.270. The fourth-order valence-electron chi connectivity index (χ4n) is 4.00. The monoisotopic (exact) mass is 376 g/mol.